The van der Waals surface area contributed by atoms with Gasteiger partial charge in [0, 0.05) is 18.6 Å². The average Bonchev–Trinajstić information content (AvgIpc) is 2.94. The van der Waals surface area contributed by atoms with E-state index in [1.807, 2.05) is 12.3 Å². The van der Waals surface area contributed by atoms with Crippen molar-refractivity contribution in [3.8, 4) is 0 Å². The third-order valence-corrected chi connectivity index (χ3v) is 3.73. The molecule has 1 N–H and O–H groups in total. The van der Waals surface area contributed by atoms with Crippen molar-refractivity contribution >= 4 is 22.8 Å². The van der Waals surface area contributed by atoms with Crippen LogP contribution in [0.1, 0.15) is 30.1 Å². The summed E-state index contributed by atoms with van der Waals surface area (Å²) in [6.07, 6.45) is 2.52. The largest absolute Gasteiger partial charge is 0.355 e. The van der Waals surface area contributed by atoms with Gasteiger partial charge in [-0.3, -0.25) is 10.1 Å². The first-order valence-electron chi connectivity index (χ1n) is 5.88. The van der Waals surface area contributed by atoms with Crippen LogP contribution in [0.15, 0.2) is 11.6 Å². The summed E-state index contributed by atoms with van der Waals surface area (Å²) in [5.41, 5.74) is 0.432. The second kappa shape index (κ2) is 5.35. The van der Waals surface area contributed by atoms with Gasteiger partial charge in [-0.2, -0.15) is 5.10 Å². The number of nitrogens with one attached hydrogen (secondary N) is 1. The summed E-state index contributed by atoms with van der Waals surface area (Å²) in [5.74, 6) is 0.421. The van der Waals surface area contributed by atoms with Crippen molar-refractivity contribution in [2.24, 2.45) is 7.05 Å². The zero-order chi connectivity index (χ0) is 14.0. The molecule has 19 heavy (non-hydrogen) atoms. The molecule has 0 aliphatic rings. The van der Waals surface area contributed by atoms with E-state index in [1.54, 1.807) is 20.2 Å². The van der Waals surface area contributed by atoms with Crippen LogP contribution in [0.25, 0.3) is 0 Å². The Hall–Kier alpha value is -1.96. The molecule has 2 aromatic rings. The quantitative estimate of drug-likeness (QED) is 0.672. The molecule has 0 aromatic carbocycles. The highest BCUT2D eigenvalue weighted by Gasteiger charge is 2.26. The Kier molecular flexibility index (Phi) is 3.79. The SMILES string of the molecule is CCC(Nc1c([N+](=O)[O-])c(C)nn1C)c1nccs1. The van der Waals surface area contributed by atoms with Gasteiger partial charge in [0.1, 0.15) is 10.7 Å². The van der Waals surface area contributed by atoms with Gasteiger partial charge in [0.05, 0.1) is 11.0 Å². The third kappa shape index (κ3) is 2.58. The molecule has 0 fully saturated rings. The maximum Gasteiger partial charge on any atom is 0.333 e. The van der Waals surface area contributed by atoms with Gasteiger partial charge >= 0.3 is 5.69 Å². The fraction of sp³-hybridized carbons (Fsp3) is 0.455. The summed E-state index contributed by atoms with van der Waals surface area (Å²) < 4.78 is 1.50. The molecular formula is C11H15N5O2S. The maximum atomic E-state index is 11.1. The van der Waals surface area contributed by atoms with E-state index in [1.165, 1.54) is 16.0 Å². The highest BCUT2D eigenvalue weighted by molar-refractivity contribution is 7.09. The molecule has 0 saturated carbocycles. The summed E-state index contributed by atoms with van der Waals surface area (Å²) >= 11 is 1.53. The molecule has 0 aliphatic carbocycles. The number of aryl methyl sites for hydroxylation is 2. The molecule has 2 aromatic heterocycles. The Morgan fingerprint density at radius 2 is 2.37 bits per heavy atom. The van der Waals surface area contributed by atoms with Crippen LogP contribution >= 0.6 is 11.3 Å². The molecular weight excluding hydrogens is 266 g/mol. The van der Waals surface area contributed by atoms with E-state index >= 15 is 0 Å². The highest BCUT2D eigenvalue weighted by Crippen LogP contribution is 2.32. The number of nitro groups is 1. The van der Waals surface area contributed by atoms with Gasteiger partial charge in [0.2, 0.25) is 5.82 Å². The minimum absolute atomic E-state index is 0.0255. The van der Waals surface area contributed by atoms with Crippen LogP contribution in [-0.4, -0.2) is 19.7 Å². The summed E-state index contributed by atoms with van der Waals surface area (Å²) in [6, 6.07) is -0.0477. The van der Waals surface area contributed by atoms with Crippen LogP contribution < -0.4 is 5.32 Å². The lowest BCUT2D eigenvalue weighted by Gasteiger charge is -2.15. The first-order valence-corrected chi connectivity index (χ1v) is 6.76. The topological polar surface area (TPSA) is 85.9 Å². The normalized spacial score (nSPS) is 12.4. The van der Waals surface area contributed by atoms with Gasteiger partial charge in [0.25, 0.3) is 0 Å². The number of anilines is 1. The van der Waals surface area contributed by atoms with E-state index in [2.05, 4.69) is 15.4 Å². The monoisotopic (exact) mass is 281 g/mol. The average molecular weight is 281 g/mol. The van der Waals surface area contributed by atoms with Gasteiger partial charge < -0.3 is 5.32 Å². The number of thiazole rings is 1. The number of aromatic nitrogens is 3. The summed E-state index contributed by atoms with van der Waals surface area (Å²) in [5, 5.41) is 21.2. The van der Waals surface area contributed by atoms with Crippen molar-refractivity contribution < 1.29 is 4.92 Å². The molecule has 0 spiro atoms. The van der Waals surface area contributed by atoms with Crippen LogP contribution in [0.5, 0.6) is 0 Å². The minimum Gasteiger partial charge on any atom is -0.355 e. The van der Waals surface area contributed by atoms with Gasteiger partial charge in [-0.05, 0) is 13.3 Å². The minimum atomic E-state index is -0.404. The first kappa shape index (κ1) is 13.5. The lowest BCUT2D eigenvalue weighted by Crippen LogP contribution is -2.13. The summed E-state index contributed by atoms with van der Waals surface area (Å²) in [4.78, 5) is 15.0. The zero-order valence-electron chi connectivity index (χ0n) is 11.0. The fourth-order valence-electron chi connectivity index (χ4n) is 1.94. The van der Waals surface area contributed by atoms with E-state index in [9.17, 15) is 10.1 Å². The third-order valence-electron chi connectivity index (χ3n) is 2.84. The van der Waals surface area contributed by atoms with Gasteiger partial charge in [-0.15, -0.1) is 11.3 Å². The van der Waals surface area contributed by atoms with E-state index in [0.717, 1.165) is 11.4 Å². The maximum absolute atomic E-state index is 11.1. The van der Waals surface area contributed by atoms with E-state index in [4.69, 9.17) is 0 Å². The Bertz CT molecular complexity index is 578. The van der Waals surface area contributed by atoms with Gasteiger partial charge in [0.15, 0.2) is 0 Å². The fourth-order valence-corrected chi connectivity index (χ4v) is 2.71. The smallest absolute Gasteiger partial charge is 0.333 e. The van der Waals surface area contributed by atoms with Crippen LogP contribution in [0.4, 0.5) is 11.5 Å². The van der Waals surface area contributed by atoms with Crippen molar-refractivity contribution in [1.29, 1.82) is 0 Å². The molecule has 0 amide bonds. The number of rotatable bonds is 5. The Balaban J connectivity index is 2.35. The van der Waals surface area contributed by atoms with Crippen molar-refractivity contribution in [1.82, 2.24) is 14.8 Å². The molecule has 0 saturated heterocycles. The number of hydrogen-bond donors (Lipinski definition) is 1. The predicted octanol–water partition coefficient (Wildman–Crippen LogP) is 2.66. The molecule has 1 unspecified atom stereocenters. The second-order valence-electron chi connectivity index (χ2n) is 4.14. The van der Waals surface area contributed by atoms with Crippen molar-refractivity contribution in [2.45, 2.75) is 26.3 Å². The first-order chi connectivity index (χ1) is 9.04. The Morgan fingerprint density at radius 1 is 1.63 bits per heavy atom. The van der Waals surface area contributed by atoms with Crippen LogP contribution in [-0.2, 0) is 7.05 Å². The molecule has 8 heteroatoms. The Labute approximate surface area is 114 Å². The number of hydrogen-bond acceptors (Lipinski definition) is 6. The number of nitrogens with zero attached hydrogens (tertiary/aromatic N) is 4. The highest BCUT2D eigenvalue weighted by atomic mass is 32.1. The van der Waals surface area contributed by atoms with Crippen LogP contribution in [0.3, 0.4) is 0 Å². The van der Waals surface area contributed by atoms with Gasteiger partial charge in [-0.25, -0.2) is 9.67 Å². The van der Waals surface area contributed by atoms with Crippen molar-refractivity contribution in [3.63, 3.8) is 0 Å². The van der Waals surface area contributed by atoms with Crippen molar-refractivity contribution in [2.75, 3.05) is 5.32 Å². The molecule has 0 aliphatic heterocycles. The Morgan fingerprint density at radius 3 is 2.89 bits per heavy atom. The second-order valence-corrected chi connectivity index (χ2v) is 5.06. The van der Waals surface area contributed by atoms with E-state index in [-0.39, 0.29) is 11.7 Å². The lowest BCUT2D eigenvalue weighted by atomic mass is 10.2. The molecule has 1 atom stereocenters. The van der Waals surface area contributed by atoms with Crippen LogP contribution in [0, 0.1) is 17.0 Å². The molecule has 102 valence electrons. The van der Waals surface area contributed by atoms with Crippen molar-refractivity contribution in [3.05, 3.63) is 32.4 Å². The van der Waals surface area contributed by atoms with E-state index in [0.29, 0.717) is 11.5 Å². The molecule has 2 rings (SSSR count). The molecule has 0 bridgehead atoms. The summed E-state index contributed by atoms with van der Waals surface area (Å²) in [6.45, 7) is 3.64. The predicted molar refractivity (Wildman–Crippen MR) is 73.4 cm³/mol. The molecule has 7 nitrogen and oxygen atoms in total. The molecule has 0 radical (unpaired) electrons. The lowest BCUT2D eigenvalue weighted by molar-refractivity contribution is -0.384. The summed E-state index contributed by atoms with van der Waals surface area (Å²) in [7, 11) is 1.69. The zero-order valence-corrected chi connectivity index (χ0v) is 11.8. The van der Waals surface area contributed by atoms with Crippen LogP contribution in [0.2, 0.25) is 0 Å². The molecule has 2 heterocycles. The van der Waals surface area contributed by atoms with E-state index < -0.39 is 4.92 Å². The van der Waals surface area contributed by atoms with Gasteiger partial charge in [-0.1, -0.05) is 6.92 Å². The standard InChI is InChI=1S/C11H15N5O2S/c1-4-8(11-12-5-6-19-11)13-10-9(16(17)18)7(2)14-15(10)3/h5-6,8,13H,4H2,1-3H3.